The Morgan fingerprint density at radius 1 is 1.22 bits per heavy atom. The van der Waals surface area contributed by atoms with Gasteiger partial charge in [0.25, 0.3) is 0 Å². The quantitative estimate of drug-likeness (QED) is 0.661. The molecule has 0 aliphatic rings. The summed E-state index contributed by atoms with van der Waals surface area (Å²) in [6, 6.07) is 13.1. The van der Waals surface area contributed by atoms with E-state index in [4.69, 9.17) is 20.8 Å². The van der Waals surface area contributed by atoms with Crippen LogP contribution in [0, 0.1) is 5.82 Å². The van der Waals surface area contributed by atoms with Crippen LogP contribution in [0.25, 0.3) is 11.3 Å². The SMILES string of the molecule is O=C(OCc1ncc(-c2ccccc2)o1)c1cc(Cl)ccc1F. The summed E-state index contributed by atoms with van der Waals surface area (Å²) in [5, 5.41) is 0.251. The van der Waals surface area contributed by atoms with Crippen LogP contribution < -0.4 is 0 Å². The van der Waals surface area contributed by atoms with Gasteiger partial charge >= 0.3 is 5.97 Å². The number of benzene rings is 2. The van der Waals surface area contributed by atoms with Crippen molar-refractivity contribution in [2.75, 3.05) is 0 Å². The number of oxazole rings is 1. The molecule has 3 aromatic rings. The molecule has 6 heteroatoms. The molecule has 116 valence electrons. The zero-order chi connectivity index (χ0) is 16.2. The third kappa shape index (κ3) is 3.57. The zero-order valence-corrected chi connectivity index (χ0v) is 12.6. The van der Waals surface area contributed by atoms with Crippen LogP contribution in [0.4, 0.5) is 4.39 Å². The van der Waals surface area contributed by atoms with Crippen molar-refractivity contribution in [2.45, 2.75) is 6.61 Å². The van der Waals surface area contributed by atoms with Gasteiger partial charge in [0.05, 0.1) is 11.8 Å². The van der Waals surface area contributed by atoms with Crippen LogP contribution in [0.15, 0.2) is 59.1 Å². The summed E-state index contributed by atoms with van der Waals surface area (Å²) < 4.78 is 24.1. The van der Waals surface area contributed by atoms with E-state index in [9.17, 15) is 9.18 Å². The highest BCUT2D eigenvalue weighted by Crippen LogP contribution is 2.21. The van der Waals surface area contributed by atoms with E-state index < -0.39 is 11.8 Å². The Hall–Kier alpha value is -2.66. The number of aromatic nitrogens is 1. The molecule has 0 fully saturated rings. The first-order valence-corrected chi connectivity index (χ1v) is 7.13. The number of ether oxygens (including phenoxy) is 1. The molecule has 0 radical (unpaired) electrons. The fourth-order valence-corrected chi connectivity index (χ4v) is 2.14. The number of hydrogen-bond acceptors (Lipinski definition) is 4. The van der Waals surface area contributed by atoms with E-state index in [0.717, 1.165) is 11.6 Å². The predicted octanol–water partition coefficient (Wildman–Crippen LogP) is 4.49. The third-order valence-electron chi connectivity index (χ3n) is 3.09. The minimum Gasteiger partial charge on any atom is -0.452 e. The van der Waals surface area contributed by atoms with Crippen molar-refractivity contribution in [1.29, 1.82) is 0 Å². The second-order valence-electron chi connectivity index (χ2n) is 4.68. The normalized spacial score (nSPS) is 10.5. The van der Waals surface area contributed by atoms with Crippen LogP contribution in [-0.4, -0.2) is 11.0 Å². The molecule has 0 atom stereocenters. The second kappa shape index (κ2) is 6.62. The van der Waals surface area contributed by atoms with E-state index in [1.165, 1.54) is 12.1 Å². The maximum atomic E-state index is 13.6. The summed E-state index contributed by atoms with van der Waals surface area (Å²) in [6.07, 6.45) is 1.54. The Morgan fingerprint density at radius 2 is 2.00 bits per heavy atom. The number of rotatable bonds is 4. The van der Waals surface area contributed by atoms with E-state index in [2.05, 4.69) is 4.98 Å². The van der Waals surface area contributed by atoms with E-state index in [-0.39, 0.29) is 23.1 Å². The number of halogens is 2. The Labute approximate surface area is 136 Å². The van der Waals surface area contributed by atoms with Gasteiger partial charge in [-0.2, -0.15) is 0 Å². The Balaban J connectivity index is 1.68. The van der Waals surface area contributed by atoms with Crippen LogP contribution in [0.3, 0.4) is 0 Å². The van der Waals surface area contributed by atoms with Gasteiger partial charge in [-0.1, -0.05) is 41.9 Å². The number of carbonyl (C=O) groups is 1. The minimum atomic E-state index is -0.829. The zero-order valence-electron chi connectivity index (χ0n) is 11.8. The molecule has 4 nitrogen and oxygen atoms in total. The first-order chi connectivity index (χ1) is 11.1. The van der Waals surface area contributed by atoms with Crippen molar-refractivity contribution >= 4 is 17.6 Å². The Morgan fingerprint density at radius 3 is 2.78 bits per heavy atom. The van der Waals surface area contributed by atoms with Crippen molar-refractivity contribution in [3.8, 4) is 11.3 Å². The predicted molar refractivity (Wildman–Crippen MR) is 82.5 cm³/mol. The van der Waals surface area contributed by atoms with Crippen LogP contribution in [-0.2, 0) is 11.3 Å². The van der Waals surface area contributed by atoms with Gasteiger partial charge in [0.2, 0.25) is 5.89 Å². The Bertz CT molecular complexity index is 833. The highest BCUT2D eigenvalue weighted by molar-refractivity contribution is 6.30. The molecule has 0 saturated heterocycles. The maximum absolute atomic E-state index is 13.6. The molecule has 0 spiro atoms. The average Bonchev–Trinajstić information content (AvgIpc) is 3.05. The van der Waals surface area contributed by atoms with Gasteiger partial charge in [-0.15, -0.1) is 0 Å². The molecular weight excluding hydrogens is 321 g/mol. The summed E-state index contributed by atoms with van der Waals surface area (Å²) in [5.74, 6) is -0.744. The lowest BCUT2D eigenvalue weighted by atomic mass is 10.2. The number of nitrogens with zero attached hydrogens (tertiary/aromatic N) is 1. The minimum absolute atomic E-state index is 0.197. The van der Waals surface area contributed by atoms with Crippen LogP contribution in [0.2, 0.25) is 5.02 Å². The monoisotopic (exact) mass is 331 g/mol. The molecule has 23 heavy (non-hydrogen) atoms. The standard InChI is InChI=1S/C17H11ClFNO3/c18-12-6-7-14(19)13(8-12)17(21)22-10-16-20-9-15(23-16)11-4-2-1-3-5-11/h1-9H,10H2. The topological polar surface area (TPSA) is 52.3 Å². The fraction of sp³-hybridized carbons (Fsp3) is 0.0588. The first kappa shape index (κ1) is 15.2. The van der Waals surface area contributed by atoms with Crippen LogP contribution in [0.5, 0.6) is 0 Å². The molecular formula is C17H11ClFNO3. The molecule has 0 N–H and O–H groups in total. The number of hydrogen-bond donors (Lipinski definition) is 0. The summed E-state index contributed by atoms with van der Waals surface area (Å²) in [6.45, 7) is -0.197. The smallest absolute Gasteiger partial charge is 0.341 e. The third-order valence-corrected chi connectivity index (χ3v) is 3.32. The molecule has 0 amide bonds. The second-order valence-corrected chi connectivity index (χ2v) is 5.12. The van der Waals surface area contributed by atoms with Gasteiger partial charge in [-0.25, -0.2) is 14.2 Å². The lowest BCUT2D eigenvalue weighted by Crippen LogP contribution is -2.07. The molecule has 3 rings (SSSR count). The van der Waals surface area contributed by atoms with E-state index in [1.807, 2.05) is 30.3 Å². The number of carbonyl (C=O) groups excluding carboxylic acids is 1. The van der Waals surface area contributed by atoms with Crippen LogP contribution in [0.1, 0.15) is 16.2 Å². The van der Waals surface area contributed by atoms with Gasteiger partial charge in [0.15, 0.2) is 12.4 Å². The average molecular weight is 332 g/mol. The number of esters is 1. The lowest BCUT2D eigenvalue weighted by molar-refractivity contribution is 0.0433. The Kier molecular flexibility index (Phi) is 4.39. The highest BCUT2D eigenvalue weighted by atomic mass is 35.5. The molecule has 1 aromatic heterocycles. The van der Waals surface area contributed by atoms with Gasteiger partial charge in [-0.3, -0.25) is 0 Å². The van der Waals surface area contributed by atoms with E-state index in [1.54, 1.807) is 6.20 Å². The van der Waals surface area contributed by atoms with Gasteiger partial charge in [-0.05, 0) is 18.2 Å². The van der Waals surface area contributed by atoms with Gasteiger partial charge in [0, 0.05) is 10.6 Å². The molecule has 2 aromatic carbocycles. The van der Waals surface area contributed by atoms with Crippen molar-refractivity contribution in [3.63, 3.8) is 0 Å². The molecule has 0 aliphatic carbocycles. The molecule has 0 bridgehead atoms. The van der Waals surface area contributed by atoms with Gasteiger partial charge in [0.1, 0.15) is 5.82 Å². The maximum Gasteiger partial charge on any atom is 0.341 e. The first-order valence-electron chi connectivity index (χ1n) is 6.76. The highest BCUT2D eigenvalue weighted by Gasteiger charge is 2.15. The molecule has 1 heterocycles. The van der Waals surface area contributed by atoms with E-state index in [0.29, 0.717) is 5.76 Å². The van der Waals surface area contributed by atoms with Crippen molar-refractivity contribution in [3.05, 3.63) is 77.0 Å². The van der Waals surface area contributed by atoms with Crippen LogP contribution >= 0.6 is 11.6 Å². The molecule has 0 unspecified atom stereocenters. The summed E-state index contributed by atoms with van der Waals surface area (Å²) in [4.78, 5) is 15.9. The molecule has 0 aliphatic heterocycles. The molecule has 0 saturated carbocycles. The lowest BCUT2D eigenvalue weighted by Gasteiger charge is -2.04. The summed E-state index contributed by atoms with van der Waals surface area (Å²) in [5.41, 5.74) is 0.630. The fourth-order valence-electron chi connectivity index (χ4n) is 1.97. The largest absolute Gasteiger partial charge is 0.452 e. The van der Waals surface area contributed by atoms with Gasteiger partial charge < -0.3 is 9.15 Å². The van der Waals surface area contributed by atoms with E-state index >= 15 is 0 Å². The van der Waals surface area contributed by atoms with Crippen molar-refractivity contribution < 1.29 is 18.3 Å². The van der Waals surface area contributed by atoms with Crippen molar-refractivity contribution in [1.82, 2.24) is 4.98 Å². The summed E-state index contributed by atoms with van der Waals surface area (Å²) in [7, 11) is 0. The van der Waals surface area contributed by atoms with Crippen molar-refractivity contribution in [2.24, 2.45) is 0 Å². The summed E-state index contributed by atoms with van der Waals surface area (Å²) >= 11 is 5.74.